The fourth-order valence-electron chi connectivity index (χ4n) is 2.13. The van der Waals surface area contributed by atoms with E-state index in [2.05, 4.69) is 10.3 Å². The van der Waals surface area contributed by atoms with Gasteiger partial charge in [-0.05, 0) is 36.5 Å². The number of nitrogens with zero attached hydrogens (tertiary/aromatic N) is 1. The van der Waals surface area contributed by atoms with Crippen LogP contribution >= 0.6 is 0 Å². The van der Waals surface area contributed by atoms with Crippen LogP contribution in [0.3, 0.4) is 0 Å². The van der Waals surface area contributed by atoms with Gasteiger partial charge in [-0.3, -0.25) is 9.78 Å². The van der Waals surface area contributed by atoms with E-state index in [0.29, 0.717) is 23.6 Å². The molecule has 2 N–H and O–H groups in total. The highest BCUT2D eigenvalue weighted by atomic mass is 16.5. The molecule has 2 heterocycles. The third-order valence-corrected chi connectivity index (χ3v) is 3.33. The zero-order chi connectivity index (χ0) is 15.1. The van der Waals surface area contributed by atoms with E-state index in [1.165, 1.54) is 18.5 Å². The molecule has 0 radical (unpaired) electrons. The van der Waals surface area contributed by atoms with Gasteiger partial charge in [-0.15, -0.1) is 0 Å². The summed E-state index contributed by atoms with van der Waals surface area (Å²) in [5.74, 6) is -0.783. The summed E-state index contributed by atoms with van der Waals surface area (Å²) in [6.07, 6.45) is 7.32. The molecular formula is C15H18N2O4. The van der Waals surface area contributed by atoms with Crippen molar-refractivity contribution >= 4 is 18.0 Å². The van der Waals surface area contributed by atoms with Gasteiger partial charge in [0.1, 0.15) is 0 Å². The van der Waals surface area contributed by atoms with Crippen molar-refractivity contribution in [1.82, 2.24) is 10.3 Å². The van der Waals surface area contributed by atoms with Crippen LogP contribution in [-0.2, 0) is 9.53 Å². The van der Waals surface area contributed by atoms with Crippen molar-refractivity contribution < 1.29 is 19.4 Å². The number of hydrogen-bond donors (Lipinski definition) is 2. The highest BCUT2D eigenvalue weighted by Gasteiger charge is 2.15. The van der Waals surface area contributed by atoms with E-state index in [-0.39, 0.29) is 5.91 Å². The van der Waals surface area contributed by atoms with E-state index >= 15 is 0 Å². The van der Waals surface area contributed by atoms with Crippen molar-refractivity contribution in [2.24, 2.45) is 5.92 Å². The summed E-state index contributed by atoms with van der Waals surface area (Å²) in [6.45, 7) is 2.12. The lowest BCUT2D eigenvalue weighted by Gasteiger charge is -2.22. The van der Waals surface area contributed by atoms with Crippen LogP contribution in [0, 0.1) is 5.92 Å². The summed E-state index contributed by atoms with van der Waals surface area (Å²) in [4.78, 5) is 26.5. The summed E-state index contributed by atoms with van der Waals surface area (Å²) in [5.41, 5.74) is 1.01. The molecule has 0 unspecified atom stereocenters. The standard InChI is InChI=1S/C15H18N2O4/c18-14(19)2-1-12-7-13(10-16-8-12)15(20)17-9-11-3-5-21-6-4-11/h1-2,7-8,10-11H,3-6,9H2,(H,17,20)(H,18,19). The first-order valence-electron chi connectivity index (χ1n) is 6.87. The first-order chi connectivity index (χ1) is 10.1. The lowest BCUT2D eigenvalue weighted by Crippen LogP contribution is -2.32. The average Bonchev–Trinajstić information content (AvgIpc) is 2.52. The molecule has 6 nitrogen and oxygen atoms in total. The summed E-state index contributed by atoms with van der Waals surface area (Å²) in [5, 5.41) is 11.5. The van der Waals surface area contributed by atoms with Crippen molar-refractivity contribution in [2.75, 3.05) is 19.8 Å². The van der Waals surface area contributed by atoms with Crippen LogP contribution in [0.5, 0.6) is 0 Å². The van der Waals surface area contributed by atoms with E-state index in [0.717, 1.165) is 32.1 Å². The van der Waals surface area contributed by atoms with Gasteiger partial charge in [0.15, 0.2) is 0 Å². The molecule has 0 saturated carbocycles. The average molecular weight is 290 g/mol. The fraction of sp³-hybridized carbons (Fsp3) is 0.400. The number of aromatic nitrogens is 1. The molecular weight excluding hydrogens is 272 g/mol. The second-order valence-corrected chi connectivity index (χ2v) is 4.94. The number of carboxylic acid groups (broad SMARTS) is 1. The normalized spacial score (nSPS) is 16.0. The van der Waals surface area contributed by atoms with Crippen molar-refractivity contribution in [3.8, 4) is 0 Å². The highest BCUT2D eigenvalue weighted by Crippen LogP contribution is 2.13. The van der Waals surface area contributed by atoms with Gasteiger partial charge >= 0.3 is 5.97 Å². The summed E-state index contributed by atoms with van der Waals surface area (Å²) < 4.78 is 5.27. The Bertz CT molecular complexity index is 536. The number of pyridine rings is 1. The number of carboxylic acids is 1. The molecule has 1 aromatic rings. The SMILES string of the molecule is O=C(O)C=Cc1cncc(C(=O)NCC2CCOCC2)c1. The van der Waals surface area contributed by atoms with E-state index in [1.54, 1.807) is 6.07 Å². The predicted molar refractivity (Wildman–Crippen MR) is 76.8 cm³/mol. The molecule has 1 aliphatic rings. The number of rotatable bonds is 5. The Morgan fingerprint density at radius 1 is 1.38 bits per heavy atom. The van der Waals surface area contributed by atoms with E-state index < -0.39 is 5.97 Å². The molecule has 1 aliphatic heterocycles. The summed E-state index contributed by atoms with van der Waals surface area (Å²) in [6, 6.07) is 1.62. The third-order valence-electron chi connectivity index (χ3n) is 3.33. The van der Waals surface area contributed by atoms with Crippen LogP contribution in [0.2, 0.25) is 0 Å². The van der Waals surface area contributed by atoms with Gasteiger partial charge in [0.2, 0.25) is 0 Å². The molecule has 0 bridgehead atoms. The molecule has 0 aliphatic carbocycles. The Labute approximate surface area is 122 Å². The first-order valence-corrected chi connectivity index (χ1v) is 6.87. The minimum absolute atomic E-state index is 0.195. The van der Waals surface area contributed by atoms with Gasteiger partial charge in [-0.2, -0.15) is 0 Å². The van der Waals surface area contributed by atoms with Gasteiger partial charge in [0, 0.05) is 38.2 Å². The van der Waals surface area contributed by atoms with E-state index in [4.69, 9.17) is 9.84 Å². The third kappa shape index (κ3) is 5.00. The Balaban J connectivity index is 1.92. The van der Waals surface area contributed by atoms with Crippen molar-refractivity contribution in [3.05, 3.63) is 35.7 Å². The zero-order valence-electron chi connectivity index (χ0n) is 11.6. The van der Waals surface area contributed by atoms with Gasteiger partial charge in [0.25, 0.3) is 5.91 Å². The Hall–Kier alpha value is -2.21. The molecule has 21 heavy (non-hydrogen) atoms. The number of ether oxygens (including phenoxy) is 1. The number of amides is 1. The van der Waals surface area contributed by atoms with Crippen LogP contribution in [0.15, 0.2) is 24.5 Å². The maximum absolute atomic E-state index is 12.1. The summed E-state index contributed by atoms with van der Waals surface area (Å²) >= 11 is 0. The van der Waals surface area contributed by atoms with Crippen LogP contribution in [0.4, 0.5) is 0 Å². The van der Waals surface area contributed by atoms with E-state index in [9.17, 15) is 9.59 Å². The lowest BCUT2D eigenvalue weighted by atomic mass is 10.0. The van der Waals surface area contributed by atoms with Crippen LogP contribution in [0.1, 0.15) is 28.8 Å². The molecule has 1 amide bonds. The van der Waals surface area contributed by atoms with Gasteiger partial charge in [0.05, 0.1) is 5.56 Å². The largest absolute Gasteiger partial charge is 0.478 e. The quantitative estimate of drug-likeness (QED) is 0.799. The first kappa shape index (κ1) is 15.2. The molecule has 1 fully saturated rings. The topological polar surface area (TPSA) is 88.5 Å². The molecule has 0 aromatic carbocycles. The second-order valence-electron chi connectivity index (χ2n) is 4.94. The number of hydrogen-bond acceptors (Lipinski definition) is 4. The van der Waals surface area contributed by atoms with Crippen LogP contribution < -0.4 is 5.32 Å². The fourth-order valence-corrected chi connectivity index (χ4v) is 2.13. The summed E-state index contributed by atoms with van der Waals surface area (Å²) in [7, 11) is 0. The lowest BCUT2D eigenvalue weighted by molar-refractivity contribution is -0.131. The Morgan fingerprint density at radius 3 is 2.86 bits per heavy atom. The van der Waals surface area contributed by atoms with Crippen molar-refractivity contribution in [1.29, 1.82) is 0 Å². The monoisotopic (exact) mass is 290 g/mol. The van der Waals surface area contributed by atoms with Crippen molar-refractivity contribution in [3.63, 3.8) is 0 Å². The number of carbonyl (C=O) groups excluding carboxylic acids is 1. The Morgan fingerprint density at radius 2 is 2.14 bits per heavy atom. The molecule has 2 rings (SSSR count). The van der Waals surface area contributed by atoms with Crippen LogP contribution in [0.25, 0.3) is 6.08 Å². The molecule has 6 heteroatoms. The molecule has 0 spiro atoms. The minimum atomic E-state index is -1.04. The zero-order valence-corrected chi connectivity index (χ0v) is 11.6. The van der Waals surface area contributed by atoms with Gasteiger partial charge in [-0.25, -0.2) is 4.79 Å². The number of nitrogens with one attached hydrogen (secondary N) is 1. The number of aliphatic carboxylic acids is 1. The molecule has 112 valence electrons. The number of carbonyl (C=O) groups is 2. The van der Waals surface area contributed by atoms with Gasteiger partial charge < -0.3 is 15.2 Å². The molecule has 0 atom stereocenters. The smallest absolute Gasteiger partial charge is 0.328 e. The molecule has 1 aromatic heterocycles. The second kappa shape index (κ2) is 7.54. The highest BCUT2D eigenvalue weighted by molar-refractivity contribution is 5.94. The predicted octanol–water partition coefficient (Wildman–Crippen LogP) is 1.34. The maximum Gasteiger partial charge on any atom is 0.328 e. The minimum Gasteiger partial charge on any atom is -0.478 e. The maximum atomic E-state index is 12.1. The van der Waals surface area contributed by atoms with Gasteiger partial charge in [-0.1, -0.05) is 0 Å². The molecule has 1 saturated heterocycles. The Kier molecular flexibility index (Phi) is 5.45. The van der Waals surface area contributed by atoms with Crippen molar-refractivity contribution in [2.45, 2.75) is 12.8 Å². The van der Waals surface area contributed by atoms with Crippen LogP contribution in [-0.4, -0.2) is 41.7 Å². The van der Waals surface area contributed by atoms with E-state index in [1.807, 2.05) is 0 Å².